The summed E-state index contributed by atoms with van der Waals surface area (Å²) in [6, 6.07) is 0. The van der Waals surface area contributed by atoms with Crippen LogP contribution in [0.2, 0.25) is 0 Å². The zero-order valence-corrected chi connectivity index (χ0v) is 12.7. The highest BCUT2D eigenvalue weighted by Gasteiger charge is 2.12. The van der Waals surface area contributed by atoms with Gasteiger partial charge in [0.2, 0.25) is 5.95 Å². The molecular weight excluding hydrogens is 268 g/mol. The molecule has 0 aliphatic heterocycles. The quantitative estimate of drug-likeness (QED) is 0.905. The Hall–Kier alpha value is -2.44. The van der Waals surface area contributed by atoms with Crippen molar-refractivity contribution in [3.8, 4) is 0 Å². The molecule has 2 aromatic rings. The molecule has 2 aromatic heterocycles. The van der Waals surface area contributed by atoms with E-state index in [2.05, 4.69) is 34.1 Å². The molecular formula is C14H20N6O. The third kappa shape index (κ3) is 3.77. The number of aromatic nitrogens is 4. The van der Waals surface area contributed by atoms with E-state index < -0.39 is 0 Å². The average molecular weight is 288 g/mol. The number of anilines is 2. The molecule has 7 nitrogen and oxygen atoms in total. The number of rotatable bonds is 5. The van der Waals surface area contributed by atoms with Crippen LogP contribution in [0.15, 0.2) is 24.8 Å². The van der Waals surface area contributed by atoms with E-state index in [9.17, 15) is 4.79 Å². The molecule has 0 bridgehead atoms. The van der Waals surface area contributed by atoms with Gasteiger partial charge in [-0.25, -0.2) is 15.0 Å². The Morgan fingerprint density at radius 2 is 2.05 bits per heavy atom. The van der Waals surface area contributed by atoms with Crippen molar-refractivity contribution in [2.45, 2.75) is 20.4 Å². The summed E-state index contributed by atoms with van der Waals surface area (Å²) in [5.74, 6) is 1.37. The maximum atomic E-state index is 12.2. The average Bonchev–Trinajstić information content (AvgIpc) is 2.85. The second kappa shape index (κ2) is 6.34. The molecule has 0 saturated carbocycles. The summed E-state index contributed by atoms with van der Waals surface area (Å²) < 4.78 is 1.91. The van der Waals surface area contributed by atoms with E-state index in [0.717, 1.165) is 6.54 Å². The predicted molar refractivity (Wildman–Crippen MR) is 81.4 cm³/mol. The minimum atomic E-state index is -0.316. The molecule has 1 N–H and O–H groups in total. The molecule has 0 aromatic carbocycles. The highest BCUT2D eigenvalue weighted by molar-refractivity contribution is 6.01. The summed E-state index contributed by atoms with van der Waals surface area (Å²) in [6.07, 6.45) is 6.53. The highest BCUT2D eigenvalue weighted by Crippen LogP contribution is 2.10. The summed E-state index contributed by atoms with van der Waals surface area (Å²) in [5, 5.41) is 2.76. The molecule has 0 fully saturated rings. The van der Waals surface area contributed by atoms with Gasteiger partial charge in [0.15, 0.2) is 0 Å². The monoisotopic (exact) mass is 288 g/mol. The summed E-state index contributed by atoms with van der Waals surface area (Å²) in [4.78, 5) is 26.4. The number of nitrogens with zero attached hydrogens (tertiary/aromatic N) is 5. The van der Waals surface area contributed by atoms with Gasteiger partial charge in [-0.2, -0.15) is 0 Å². The topological polar surface area (TPSA) is 75.9 Å². The van der Waals surface area contributed by atoms with Gasteiger partial charge in [-0.05, 0) is 5.92 Å². The summed E-state index contributed by atoms with van der Waals surface area (Å²) >= 11 is 0. The lowest BCUT2D eigenvalue weighted by Crippen LogP contribution is -2.19. The third-order valence-electron chi connectivity index (χ3n) is 2.83. The Morgan fingerprint density at radius 3 is 2.62 bits per heavy atom. The predicted octanol–water partition coefficient (Wildman–Crippen LogP) is 1.65. The number of imidazole rings is 1. The Balaban J connectivity index is 2.09. The molecule has 1 amide bonds. The standard InChI is InChI=1S/C14H20N6O/c1-10(2)9-20-6-5-15-14(20)18-13(21)11-7-17-12(8-16-11)19(3)4/h5-8,10H,9H2,1-4H3,(H,15,18,21). The molecule has 112 valence electrons. The van der Waals surface area contributed by atoms with Crippen LogP contribution < -0.4 is 10.2 Å². The molecule has 2 heterocycles. The van der Waals surface area contributed by atoms with Crippen LogP contribution in [-0.4, -0.2) is 39.5 Å². The maximum absolute atomic E-state index is 12.2. The van der Waals surface area contributed by atoms with E-state index >= 15 is 0 Å². The van der Waals surface area contributed by atoms with Crippen molar-refractivity contribution in [3.05, 3.63) is 30.5 Å². The number of hydrogen-bond donors (Lipinski definition) is 1. The largest absolute Gasteiger partial charge is 0.361 e. The first kappa shape index (κ1) is 15.0. The smallest absolute Gasteiger partial charge is 0.278 e. The van der Waals surface area contributed by atoms with Crippen LogP contribution in [0.5, 0.6) is 0 Å². The number of hydrogen-bond acceptors (Lipinski definition) is 5. The lowest BCUT2D eigenvalue weighted by atomic mass is 10.2. The molecule has 0 aliphatic rings. The van der Waals surface area contributed by atoms with Crippen molar-refractivity contribution in [2.24, 2.45) is 5.92 Å². The second-order valence-electron chi connectivity index (χ2n) is 5.41. The van der Waals surface area contributed by atoms with Gasteiger partial charge in [-0.15, -0.1) is 0 Å². The van der Waals surface area contributed by atoms with Crippen LogP contribution in [0.25, 0.3) is 0 Å². The van der Waals surface area contributed by atoms with E-state index in [1.54, 1.807) is 12.4 Å². The Morgan fingerprint density at radius 1 is 1.29 bits per heavy atom. The van der Waals surface area contributed by atoms with Crippen molar-refractivity contribution in [1.29, 1.82) is 0 Å². The number of carbonyl (C=O) groups is 1. The summed E-state index contributed by atoms with van der Waals surface area (Å²) in [6.45, 7) is 5.01. The van der Waals surface area contributed by atoms with Gasteiger partial charge in [-0.1, -0.05) is 13.8 Å². The molecule has 0 radical (unpaired) electrons. The van der Waals surface area contributed by atoms with Crippen LogP contribution in [0.4, 0.5) is 11.8 Å². The number of amides is 1. The van der Waals surface area contributed by atoms with Crippen molar-refractivity contribution in [1.82, 2.24) is 19.5 Å². The first-order valence-electron chi connectivity index (χ1n) is 6.79. The van der Waals surface area contributed by atoms with Gasteiger partial charge in [0, 0.05) is 33.0 Å². The van der Waals surface area contributed by atoms with Crippen molar-refractivity contribution in [2.75, 3.05) is 24.3 Å². The summed E-state index contributed by atoms with van der Waals surface area (Å²) in [5.41, 5.74) is 0.264. The van der Waals surface area contributed by atoms with E-state index in [-0.39, 0.29) is 11.6 Å². The maximum Gasteiger partial charge on any atom is 0.278 e. The van der Waals surface area contributed by atoms with Gasteiger partial charge < -0.3 is 9.47 Å². The lowest BCUT2D eigenvalue weighted by Gasteiger charge is -2.12. The van der Waals surface area contributed by atoms with Crippen LogP contribution in [-0.2, 0) is 6.54 Å². The lowest BCUT2D eigenvalue weighted by molar-refractivity contribution is 0.102. The van der Waals surface area contributed by atoms with Gasteiger partial charge in [0.25, 0.3) is 5.91 Å². The van der Waals surface area contributed by atoms with Crippen LogP contribution in [0.3, 0.4) is 0 Å². The normalized spacial score (nSPS) is 10.7. The molecule has 7 heteroatoms. The molecule has 0 unspecified atom stereocenters. The fraction of sp³-hybridized carbons (Fsp3) is 0.429. The fourth-order valence-corrected chi connectivity index (χ4v) is 1.81. The first-order valence-corrected chi connectivity index (χ1v) is 6.79. The molecule has 0 atom stereocenters. The minimum Gasteiger partial charge on any atom is -0.361 e. The Labute approximate surface area is 124 Å². The Kier molecular flexibility index (Phi) is 4.52. The minimum absolute atomic E-state index is 0.264. The zero-order valence-electron chi connectivity index (χ0n) is 12.7. The van der Waals surface area contributed by atoms with Crippen molar-refractivity contribution < 1.29 is 4.79 Å². The molecule has 0 spiro atoms. The van der Waals surface area contributed by atoms with E-state index in [4.69, 9.17) is 0 Å². The number of carbonyl (C=O) groups excluding carboxylic acids is 1. The first-order chi connectivity index (χ1) is 9.97. The van der Waals surface area contributed by atoms with E-state index in [1.807, 2.05) is 29.8 Å². The van der Waals surface area contributed by atoms with Crippen molar-refractivity contribution >= 4 is 17.7 Å². The van der Waals surface area contributed by atoms with Crippen LogP contribution >= 0.6 is 0 Å². The van der Waals surface area contributed by atoms with Crippen LogP contribution in [0, 0.1) is 5.92 Å². The molecule has 2 rings (SSSR count). The van der Waals surface area contributed by atoms with Gasteiger partial charge >= 0.3 is 0 Å². The summed E-state index contributed by atoms with van der Waals surface area (Å²) in [7, 11) is 3.74. The van der Waals surface area contributed by atoms with Gasteiger partial charge in [-0.3, -0.25) is 10.1 Å². The van der Waals surface area contributed by atoms with Gasteiger partial charge in [0.1, 0.15) is 11.5 Å². The fourth-order valence-electron chi connectivity index (χ4n) is 1.81. The SMILES string of the molecule is CC(C)Cn1ccnc1NC(=O)c1cnc(N(C)C)cn1. The molecule has 0 saturated heterocycles. The Bertz CT molecular complexity index is 602. The zero-order chi connectivity index (χ0) is 15.4. The van der Waals surface area contributed by atoms with Gasteiger partial charge in [0.05, 0.1) is 12.4 Å². The third-order valence-corrected chi connectivity index (χ3v) is 2.83. The van der Waals surface area contributed by atoms with E-state index in [0.29, 0.717) is 17.7 Å². The second-order valence-corrected chi connectivity index (χ2v) is 5.41. The van der Waals surface area contributed by atoms with E-state index in [1.165, 1.54) is 6.20 Å². The molecule has 21 heavy (non-hydrogen) atoms. The van der Waals surface area contributed by atoms with Crippen LogP contribution in [0.1, 0.15) is 24.3 Å². The molecule has 0 aliphatic carbocycles. The van der Waals surface area contributed by atoms with Crippen molar-refractivity contribution in [3.63, 3.8) is 0 Å². The number of nitrogens with one attached hydrogen (secondary N) is 1. The highest BCUT2D eigenvalue weighted by atomic mass is 16.2.